The number of para-hydroxylation sites is 3. The number of carbonyl (C=O) groups is 1. The highest BCUT2D eigenvalue weighted by Gasteiger charge is 2.24. The van der Waals surface area contributed by atoms with Gasteiger partial charge in [-0.3, -0.25) is 4.79 Å². The SMILES string of the molecule is Nc1c(C(=O)Nc2ccccc2)c2nc3ccccc3nc2n1/N=C\c1ccc(F)cc1. The van der Waals surface area contributed by atoms with Crippen LogP contribution in [-0.2, 0) is 0 Å². The Morgan fingerprint density at radius 3 is 2.31 bits per heavy atom. The lowest BCUT2D eigenvalue weighted by Gasteiger charge is -2.05. The van der Waals surface area contributed by atoms with Crippen LogP contribution >= 0.6 is 0 Å². The molecule has 156 valence electrons. The maximum Gasteiger partial charge on any atom is 0.261 e. The van der Waals surface area contributed by atoms with E-state index in [0.717, 1.165) is 0 Å². The number of hydrogen-bond acceptors (Lipinski definition) is 5. The van der Waals surface area contributed by atoms with E-state index in [4.69, 9.17) is 5.73 Å². The number of nitrogens with zero attached hydrogens (tertiary/aromatic N) is 4. The van der Waals surface area contributed by atoms with Crippen molar-refractivity contribution < 1.29 is 9.18 Å². The summed E-state index contributed by atoms with van der Waals surface area (Å²) in [4.78, 5) is 22.4. The predicted octanol–water partition coefficient (Wildman–Crippen LogP) is 4.44. The smallest absolute Gasteiger partial charge is 0.261 e. The van der Waals surface area contributed by atoms with Gasteiger partial charge in [0.1, 0.15) is 22.7 Å². The van der Waals surface area contributed by atoms with Gasteiger partial charge in [-0.1, -0.05) is 42.5 Å². The van der Waals surface area contributed by atoms with Crippen molar-refractivity contribution in [3.05, 3.63) is 95.8 Å². The fourth-order valence-electron chi connectivity index (χ4n) is 3.38. The Kier molecular flexibility index (Phi) is 4.79. The molecule has 5 rings (SSSR count). The van der Waals surface area contributed by atoms with E-state index in [1.807, 2.05) is 42.5 Å². The average molecular weight is 424 g/mol. The Morgan fingerprint density at radius 2 is 1.59 bits per heavy atom. The van der Waals surface area contributed by atoms with Gasteiger partial charge in [0.15, 0.2) is 5.65 Å². The second kappa shape index (κ2) is 7.92. The minimum Gasteiger partial charge on any atom is -0.383 e. The molecule has 5 aromatic rings. The van der Waals surface area contributed by atoms with Crippen molar-refractivity contribution in [2.45, 2.75) is 0 Å². The van der Waals surface area contributed by atoms with Gasteiger partial charge in [-0.2, -0.15) is 9.78 Å². The van der Waals surface area contributed by atoms with Crippen LogP contribution in [0.15, 0.2) is 84.0 Å². The Morgan fingerprint density at radius 1 is 0.938 bits per heavy atom. The average Bonchev–Trinajstić information content (AvgIpc) is 3.08. The van der Waals surface area contributed by atoms with Crippen LogP contribution in [0.1, 0.15) is 15.9 Å². The molecule has 0 spiro atoms. The van der Waals surface area contributed by atoms with E-state index in [9.17, 15) is 9.18 Å². The number of carbonyl (C=O) groups excluding carboxylic acids is 1. The van der Waals surface area contributed by atoms with Gasteiger partial charge in [0.2, 0.25) is 0 Å². The van der Waals surface area contributed by atoms with Gasteiger partial charge in [0.05, 0.1) is 17.2 Å². The van der Waals surface area contributed by atoms with E-state index < -0.39 is 5.91 Å². The molecule has 0 radical (unpaired) electrons. The zero-order chi connectivity index (χ0) is 22.1. The second-order valence-corrected chi connectivity index (χ2v) is 7.07. The Hall–Kier alpha value is -4.59. The number of amides is 1. The molecule has 8 heteroatoms. The fraction of sp³-hybridized carbons (Fsp3) is 0. The first-order chi connectivity index (χ1) is 15.6. The maximum absolute atomic E-state index is 13.2. The van der Waals surface area contributed by atoms with E-state index in [1.54, 1.807) is 24.3 Å². The summed E-state index contributed by atoms with van der Waals surface area (Å²) in [6.45, 7) is 0. The Labute approximate surface area is 182 Å². The van der Waals surface area contributed by atoms with Crippen molar-refractivity contribution in [2.24, 2.45) is 5.10 Å². The van der Waals surface area contributed by atoms with Crippen LogP contribution in [0.4, 0.5) is 15.9 Å². The number of rotatable bonds is 4. The number of benzene rings is 3. The number of fused-ring (bicyclic) bond motifs is 2. The normalized spacial score (nSPS) is 11.4. The molecule has 0 fully saturated rings. The third kappa shape index (κ3) is 3.54. The summed E-state index contributed by atoms with van der Waals surface area (Å²) in [7, 11) is 0. The summed E-state index contributed by atoms with van der Waals surface area (Å²) < 4.78 is 14.6. The van der Waals surface area contributed by atoms with Crippen molar-refractivity contribution >= 4 is 45.8 Å². The van der Waals surface area contributed by atoms with Crippen molar-refractivity contribution in [1.29, 1.82) is 0 Å². The summed E-state index contributed by atoms with van der Waals surface area (Å²) >= 11 is 0. The lowest BCUT2D eigenvalue weighted by atomic mass is 10.2. The molecule has 0 unspecified atom stereocenters. The number of aromatic nitrogens is 3. The molecule has 2 aromatic heterocycles. The molecule has 32 heavy (non-hydrogen) atoms. The van der Waals surface area contributed by atoms with Crippen molar-refractivity contribution in [1.82, 2.24) is 14.6 Å². The number of halogens is 1. The molecule has 2 heterocycles. The number of nitrogen functional groups attached to an aromatic ring is 1. The van der Waals surface area contributed by atoms with Crippen LogP contribution in [0, 0.1) is 5.82 Å². The highest BCUT2D eigenvalue weighted by molar-refractivity contribution is 6.16. The number of nitrogens with one attached hydrogen (secondary N) is 1. The van der Waals surface area contributed by atoms with Gasteiger partial charge in [0, 0.05) is 5.69 Å². The third-order valence-electron chi connectivity index (χ3n) is 4.92. The van der Waals surface area contributed by atoms with Crippen LogP contribution in [-0.4, -0.2) is 26.8 Å². The molecule has 3 N–H and O–H groups in total. The van der Waals surface area contributed by atoms with E-state index in [0.29, 0.717) is 33.4 Å². The van der Waals surface area contributed by atoms with Crippen LogP contribution in [0.25, 0.3) is 22.2 Å². The molecule has 0 aliphatic heterocycles. The van der Waals surface area contributed by atoms with Crippen LogP contribution in [0.5, 0.6) is 0 Å². The third-order valence-corrected chi connectivity index (χ3v) is 4.92. The van der Waals surface area contributed by atoms with Crippen LogP contribution in [0.2, 0.25) is 0 Å². The monoisotopic (exact) mass is 424 g/mol. The lowest BCUT2D eigenvalue weighted by molar-refractivity contribution is 0.102. The fourth-order valence-corrected chi connectivity index (χ4v) is 3.38. The number of nitrogens with two attached hydrogens (primary N) is 1. The molecular weight excluding hydrogens is 407 g/mol. The second-order valence-electron chi connectivity index (χ2n) is 7.07. The standard InChI is InChI=1S/C24H17FN6O/c25-16-12-10-15(11-13-16)14-27-31-22(26)20(24(32)28-17-6-2-1-3-7-17)21-23(31)30-19-9-5-4-8-18(19)29-21/h1-14H,26H2,(H,28,32)/b27-14-. The first-order valence-electron chi connectivity index (χ1n) is 9.83. The van der Waals surface area contributed by atoms with E-state index in [-0.39, 0.29) is 17.2 Å². The minimum absolute atomic E-state index is 0.0992. The molecule has 0 saturated heterocycles. The van der Waals surface area contributed by atoms with Gasteiger partial charge < -0.3 is 11.1 Å². The molecular formula is C24H17FN6O. The number of anilines is 2. The summed E-state index contributed by atoms with van der Waals surface area (Å²) in [6, 6.07) is 22.2. The maximum atomic E-state index is 13.2. The summed E-state index contributed by atoms with van der Waals surface area (Å²) in [5.74, 6) is -0.661. The minimum atomic E-state index is -0.418. The van der Waals surface area contributed by atoms with Crippen molar-refractivity contribution in [2.75, 3.05) is 11.1 Å². The first-order valence-corrected chi connectivity index (χ1v) is 9.83. The van der Waals surface area contributed by atoms with Crippen LogP contribution < -0.4 is 11.1 Å². The Bertz CT molecular complexity index is 1480. The molecule has 0 saturated carbocycles. The molecule has 0 bridgehead atoms. The van der Waals surface area contributed by atoms with Gasteiger partial charge in [-0.25, -0.2) is 14.4 Å². The quantitative estimate of drug-likeness (QED) is 0.417. The summed E-state index contributed by atoms with van der Waals surface area (Å²) in [6.07, 6.45) is 1.52. The van der Waals surface area contributed by atoms with E-state index in [2.05, 4.69) is 20.4 Å². The highest BCUT2D eigenvalue weighted by atomic mass is 19.1. The van der Waals surface area contributed by atoms with Crippen molar-refractivity contribution in [3.63, 3.8) is 0 Å². The first kappa shape index (κ1) is 19.4. The summed E-state index contributed by atoms with van der Waals surface area (Å²) in [5.41, 5.74) is 9.80. The highest BCUT2D eigenvalue weighted by Crippen LogP contribution is 2.28. The number of hydrogen-bond donors (Lipinski definition) is 2. The Balaban J connectivity index is 1.67. The summed E-state index contributed by atoms with van der Waals surface area (Å²) in [5, 5.41) is 7.25. The molecule has 1 amide bonds. The largest absolute Gasteiger partial charge is 0.383 e. The zero-order valence-corrected chi connectivity index (χ0v) is 16.7. The van der Waals surface area contributed by atoms with Gasteiger partial charge in [-0.05, 0) is 42.0 Å². The predicted molar refractivity (Wildman–Crippen MR) is 123 cm³/mol. The molecule has 0 atom stereocenters. The van der Waals surface area contributed by atoms with Gasteiger partial charge in [-0.15, -0.1) is 0 Å². The zero-order valence-electron chi connectivity index (χ0n) is 16.7. The molecule has 7 nitrogen and oxygen atoms in total. The molecule has 3 aromatic carbocycles. The lowest BCUT2D eigenvalue weighted by Crippen LogP contribution is -2.14. The van der Waals surface area contributed by atoms with Gasteiger partial charge >= 0.3 is 0 Å². The van der Waals surface area contributed by atoms with E-state index >= 15 is 0 Å². The van der Waals surface area contributed by atoms with Gasteiger partial charge in [0.25, 0.3) is 5.91 Å². The van der Waals surface area contributed by atoms with E-state index in [1.165, 1.54) is 23.0 Å². The topological polar surface area (TPSA) is 98.2 Å². The van der Waals surface area contributed by atoms with Crippen LogP contribution in [0.3, 0.4) is 0 Å². The van der Waals surface area contributed by atoms with Crippen molar-refractivity contribution in [3.8, 4) is 0 Å². The molecule has 0 aliphatic carbocycles. The molecule has 0 aliphatic rings.